The number of hydrogen-bond acceptors (Lipinski definition) is 3. The molecule has 1 aromatic rings. The lowest BCUT2D eigenvalue weighted by Crippen LogP contribution is -2.31. The predicted octanol–water partition coefficient (Wildman–Crippen LogP) is 0.724. The summed E-state index contributed by atoms with van der Waals surface area (Å²) in [5.41, 5.74) is 5.78. The molecule has 1 aliphatic rings. The van der Waals surface area contributed by atoms with Gasteiger partial charge in [-0.05, 0) is 6.42 Å². The molecule has 1 heterocycles. The van der Waals surface area contributed by atoms with Crippen LogP contribution in [0, 0.1) is 0 Å². The quantitative estimate of drug-likeness (QED) is 0.673. The SMILES string of the molecule is N[C@@H]1[C@@H](O)CC[P@@]1(=O)c1ccccc1. The van der Waals surface area contributed by atoms with Crippen LogP contribution in [0.15, 0.2) is 30.3 Å². The van der Waals surface area contributed by atoms with E-state index in [-0.39, 0.29) is 0 Å². The molecule has 3 atom stereocenters. The summed E-state index contributed by atoms with van der Waals surface area (Å²) in [6.07, 6.45) is 0.466. The first-order valence-corrected chi connectivity index (χ1v) is 6.69. The fourth-order valence-electron chi connectivity index (χ4n) is 1.90. The lowest BCUT2D eigenvalue weighted by molar-refractivity contribution is 0.176. The van der Waals surface area contributed by atoms with E-state index < -0.39 is 19.0 Å². The van der Waals surface area contributed by atoms with E-state index >= 15 is 0 Å². The van der Waals surface area contributed by atoms with Gasteiger partial charge in [0.2, 0.25) is 0 Å². The maximum absolute atomic E-state index is 12.5. The third-order valence-corrected chi connectivity index (χ3v) is 6.23. The van der Waals surface area contributed by atoms with E-state index in [2.05, 4.69) is 0 Å². The van der Waals surface area contributed by atoms with Crippen molar-refractivity contribution in [3.8, 4) is 0 Å². The van der Waals surface area contributed by atoms with Gasteiger partial charge < -0.3 is 15.4 Å². The van der Waals surface area contributed by atoms with E-state index in [1.54, 1.807) is 0 Å². The number of benzene rings is 1. The number of hydrogen-bond donors (Lipinski definition) is 2. The Morgan fingerprint density at radius 3 is 2.50 bits per heavy atom. The molecule has 0 amide bonds. The smallest absolute Gasteiger partial charge is 0.134 e. The highest BCUT2D eigenvalue weighted by molar-refractivity contribution is 7.72. The van der Waals surface area contributed by atoms with Gasteiger partial charge in [-0.15, -0.1) is 0 Å². The van der Waals surface area contributed by atoms with Crippen molar-refractivity contribution in [2.45, 2.75) is 18.3 Å². The monoisotopic (exact) mass is 211 g/mol. The highest BCUT2D eigenvalue weighted by Gasteiger charge is 2.42. The van der Waals surface area contributed by atoms with Crippen LogP contribution in [0.25, 0.3) is 0 Å². The molecule has 0 spiro atoms. The van der Waals surface area contributed by atoms with Crippen molar-refractivity contribution >= 4 is 12.4 Å². The number of rotatable bonds is 1. The van der Waals surface area contributed by atoms with E-state index in [1.165, 1.54) is 0 Å². The van der Waals surface area contributed by atoms with Crippen LogP contribution in [0.5, 0.6) is 0 Å². The summed E-state index contributed by atoms with van der Waals surface area (Å²) in [7, 11) is -2.54. The standard InChI is InChI=1S/C10H14NO2P/c11-10-9(12)6-7-14(10,13)8-4-2-1-3-5-8/h1-5,9-10,12H,6-7,11H2/t9-,10-,14+/m0/s1. The van der Waals surface area contributed by atoms with Gasteiger partial charge in [-0.1, -0.05) is 30.3 Å². The number of aliphatic hydroxyl groups excluding tert-OH is 1. The molecule has 1 aliphatic heterocycles. The minimum absolute atomic E-state index is 0.527. The highest BCUT2D eigenvalue weighted by atomic mass is 31.2. The zero-order valence-corrected chi connectivity index (χ0v) is 8.73. The Morgan fingerprint density at radius 2 is 2.00 bits per heavy atom. The van der Waals surface area contributed by atoms with Crippen molar-refractivity contribution in [1.82, 2.24) is 0 Å². The normalized spacial score (nSPS) is 37.3. The molecular formula is C10H14NO2P. The molecule has 1 saturated heterocycles. The average molecular weight is 211 g/mol. The van der Waals surface area contributed by atoms with Crippen LogP contribution in [-0.2, 0) is 4.57 Å². The van der Waals surface area contributed by atoms with Gasteiger partial charge in [0.1, 0.15) is 7.14 Å². The molecular weight excluding hydrogens is 197 g/mol. The van der Waals surface area contributed by atoms with E-state index in [4.69, 9.17) is 5.73 Å². The lowest BCUT2D eigenvalue weighted by atomic mass is 10.3. The van der Waals surface area contributed by atoms with Crippen molar-refractivity contribution in [2.75, 3.05) is 6.16 Å². The number of aliphatic hydroxyl groups is 1. The molecule has 0 aliphatic carbocycles. The zero-order valence-electron chi connectivity index (χ0n) is 7.84. The van der Waals surface area contributed by atoms with Gasteiger partial charge in [0.05, 0.1) is 11.9 Å². The zero-order chi connectivity index (χ0) is 10.2. The first-order chi connectivity index (χ1) is 6.64. The highest BCUT2D eigenvalue weighted by Crippen LogP contribution is 2.54. The Hall–Kier alpha value is -0.630. The summed E-state index contributed by atoms with van der Waals surface area (Å²) in [5, 5.41) is 10.3. The second-order valence-electron chi connectivity index (χ2n) is 3.70. The summed E-state index contributed by atoms with van der Waals surface area (Å²) in [4.78, 5) is 0. The molecule has 76 valence electrons. The Morgan fingerprint density at radius 1 is 1.36 bits per heavy atom. The Labute approximate surface area is 83.3 Å². The fraction of sp³-hybridized carbons (Fsp3) is 0.400. The van der Waals surface area contributed by atoms with Crippen molar-refractivity contribution in [3.05, 3.63) is 30.3 Å². The van der Waals surface area contributed by atoms with Crippen LogP contribution in [0.2, 0.25) is 0 Å². The minimum atomic E-state index is -2.54. The van der Waals surface area contributed by atoms with Crippen LogP contribution < -0.4 is 11.0 Å². The Bertz CT molecular complexity index is 366. The fourth-order valence-corrected chi connectivity index (χ4v) is 4.83. The molecule has 3 nitrogen and oxygen atoms in total. The average Bonchev–Trinajstić information content (AvgIpc) is 2.49. The summed E-state index contributed by atoms with van der Waals surface area (Å²) in [6.45, 7) is 0. The molecule has 1 fully saturated rings. The molecule has 0 saturated carbocycles. The van der Waals surface area contributed by atoms with E-state index in [0.717, 1.165) is 5.30 Å². The van der Waals surface area contributed by atoms with Crippen LogP contribution >= 0.6 is 7.14 Å². The molecule has 14 heavy (non-hydrogen) atoms. The Balaban J connectivity index is 2.39. The van der Waals surface area contributed by atoms with E-state index in [9.17, 15) is 9.67 Å². The third kappa shape index (κ3) is 1.42. The van der Waals surface area contributed by atoms with Gasteiger partial charge in [0, 0.05) is 11.5 Å². The molecule has 1 aromatic carbocycles. The van der Waals surface area contributed by atoms with Crippen molar-refractivity contribution < 1.29 is 9.67 Å². The van der Waals surface area contributed by atoms with Crippen LogP contribution in [0.4, 0.5) is 0 Å². The van der Waals surface area contributed by atoms with E-state index in [0.29, 0.717) is 12.6 Å². The van der Waals surface area contributed by atoms with Crippen LogP contribution in [0.3, 0.4) is 0 Å². The van der Waals surface area contributed by atoms with Crippen molar-refractivity contribution in [3.63, 3.8) is 0 Å². The molecule has 0 unspecified atom stereocenters. The van der Waals surface area contributed by atoms with Gasteiger partial charge in [0.15, 0.2) is 0 Å². The molecule has 0 aromatic heterocycles. The van der Waals surface area contributed by atoms with Crippen molar-refractivity contribution in [2.24, 2.45) is 5.73 Å². The first kappa shape index (κ1) is 9.91. The second kappa shape index (κ2) is 3.50. The first-order valence-electron chi connectivity index (χ1n) is 4.72. The maximum Gasteiger partial charge on any atom is 0.134 e. The van der Waals surface area contributed by atoms with Gasteiger partial charge in [-0.3, -0.25) is 0 Å². The molecule has 0 radical (unpaired) electrons. The molecule has 3 N–H and O–H groups in total. The summed E-state index contributed by atoms with van der Waals surface area (Å²) in [6, 6.07) is 9.25. The summed E-state index contributed by atoms with van der Waals surface area (Å²) in [5.74, 6) is -0.579. The van der Waals surface area contributed by atoms with Crippen LogP contribution in [0.1, 0.15) is 6.42 Å². The number of nitrogens with two attached hydrogens (primary N) is 1. The van der Waals surface area contributed by atoms with Gasteiger partial charge in [-0.25, -0.2) is 0 Å². The van der Waals surface area contributed by atoms with Crippen LogP contribution in [-0.4, -0.2) is 23.2 Å². The summed E-state index contributed by atoms with van der Waals surface area (Å²) < 4.78 is 12.5. The van der Waals surface area contributed by atoms with Gasteiger partial charge in [-0.2, -0.15) is 0 Å². The predicted molar refractivity (Wildman–Crippen MR) is 57.1 cm³/mol. The lowest BCUT2D eigenvalue weighted by Gasteiger charge is -2.18. The largest absolute Gasteiger partial charge is 0.391 e. The van der Waals surface area contributed by atoms with E-state index in [1.807, 2.05) is 30.3 Å². The van der Waals surface area contributed by atoms with Gasteiger partial charge >= 0.3 is 0 Å². The molecule has 4 heteroatoms. The topological polar surface area (TPSA) is 63.3 Å². The second-order valence-corrected chi connectivity index (χ2v) is 6.85. The Kier molecular flexibility index (Phi) is 2.48. The summed E-state index contributed by atoms with van der Waals surface area (Å²) >= 11 is 0. The minimum Gasteiger partial charge on any atom is -0.391 e. The maximum atomic E-state index is 12.5. The third-order valence-electron chi connectivity index (χ3n) is 2.83. The molecule has 2 rings (SSSR count). The van der Waals surface area contributed by atoms with Gasteiger partial charge in [0.25, 0.3) is 0 Å². The molecule has 0 bridgehead atoms. The van der Waals surface area contributed by atoms with Crippen molar-refractivity contribution in [1.29, 1.82) is 0 Å².